The van der Waals surface area contributed by atoms with Gasteiger partial charge >= 0.3 is 0 Å². The number of rotatable bonds is 8. The molecule has 0 bridgehead atoms. The van der Waals surface area contributed by atoms with Crippen molar-refractivity contribution >= 4 is 5.91 Å². The summed E-state index contributed by atoms with van der Waals surface area (Å²) in [6, 6.07) is 7.55. The van der Waals surface area contributed by atoms with Crippen LogP contribution >= 0.6 is 0 Å². The highest BCUT2D eigenvalue weighted by Crippen LogP contribution is 2.22. The third-order valence-corrected chi connectivity index (χ3v) is 3.84. The molecule has 24 heavy (non-hydrogen) atoms. The highest BCUT2D eigenvalue weighted by molar-refractivity contribution is 5.78. The number of carbonyl (C=O) groups excluding carboxylic acids is 1. The van der Waals surface area contributed by atoms with Crippen LogP contribution in [0.5, 0.6) is 5.75 Å². The number of likely N-dealkylation sites (N-methyl/N-ethyl adjacent to an activating group) is 2. The van der Waals surface area contributed by atoms with E-state index >= 15 is 0 Å². The van der Waals surface area contributed by atoms with Crippen LogP contribution in [0.4, 0.5) is 0 Å². The number of amides is 1. The number of aromatic nitrogens is 1. The van der Waals surface area contributed by atoms with E-state index in [0.29, 0.717) is 19.0 Å². The Bertz CT molecular complexity index is 648. The molecular formula is C18H25N3O3. The van der Waals surface area contributed by atoms with Crippen molar-refractivity contribution in [3.63, 3.8) is 0 Å². The SMILES string of the molecule is CCN(CC)C(=O)CN(C)Cc1coc(-c2ccc(OC)cc2)n1. The van der Waals surface area contributed by atoms with Crippen LogP contribution in [0, 0.1) is 0 Å². The minimum absolute atomic E-state index is 0.126. The molecule has 2 rings (SSSR count). The van der Waals surface area contributed by atoms with Crippen LogP contribution in [-0.2, 0) is 11.3 Å². The van der Waals surface area contributed by atoms with Crippen molar-refractivity contribution in [2.24, 2.45) is 0 Å². The second-order valence-corrected chi connectivity index (χ2v) is 5.61. The molecule has 0 fully saturated rings. The number of carbonyl (C=O) groups is 1. The van der Waals surface area contributed by atoms with E-state index in [1.54, 1.807) is 13.4 Å². The fourth-order valence-electron chi connectivity index (χ4n) is 2.49. The molecule has 0 aliphatic carbocycles. The molecule has 0 saturated carbocycles. The highest BCUT2D eigenvalue weighted by atomic mass is 16.5. The molecule has 0 spiro atoms. The first-order valence-corrected chi connectivity index (χ1v) is 8.12. The quantitative estimate of drug-likeness (QED) is 0.744. The Morgan fingerprint density at radius 3 is 2.46 bits per heavy atom. The first-order valence-electron chi connectivity index (χ1n) is 8.12. The molecule has 1 aromatic heterocycles. The standard InChI is InChI=1S/C18H25N3O3/c1-5-21(6-2)17(22)12-20(3)11-15-13-24-18(19-15)14-7-9-16(23-4)10-8-14/h7-10,13H,5-6,11-12H2,1-4H3. The van der Waals surface area contributed by atoms with E-state index in [1.807, 2.05) is 55.0 Å². The van der Waals surface area contributed by atoms with Crippen molar-refractivity contribution in [1.29, 1.82) is 0 Å². The molecule has 0 aliphatic heterocycles. The minimum Gasteiger partial charge on any atom is -0.497 e. The van der Waals surface area contributed by atoms with Crippen LogP contribution in [0.1, 0.15) is 19.5 Å². The van der Waals surface area contributed by atoms with Crippen LogP contribution < -0.4 is 4.74 Å². The molecule has 6 nitrogen and oxygen atoms in total. The van der Waals surface area contributed by atoms with Crippen LogP contribution in [0.15, 0.2) is 34.9 Å². The van der Waals surface area contributed by atoms with Gasteiger partial charge in [-0.05, 0) is 45.2 Å². The fraction of sp³-hybridized carbons (Fsp3) is 0.444. The predicted octanol–water partition coefficient (Wildman–Crippen LogP) is 2.65. The Hall–Kier alpha value is -2.34. The monoisotopic (exact) mass is 331 g/mol. The maximum Gasteiger partial charge on any atom is 0.236 e. The number of nitrogens with zero attached hydrogens (tertiary/aromatic N) is 3. The van der Waals surface area contributed by atoms with Crippen LogP contribution in [0.2, 0.25) is 0 Å². The molecule has 0 radical (unpaired) electrons. The Morgan fingerprint density at radius 1 is 1.21 bits per heavy atom. The lowest BCUT2D eigenvalue weighted by Gasteiger charge is -2.22. The number of benzene rings is 1. The van der Waals surface area contributed by atoms with Gasteiger partial charge in [-0.1, -0.05) is 0 Å². The molecule has 1 amide bonds. The summed E-state index contributed by atoms with van der Waals surface area (Å²) in [7, 11) is 3.54. The summed E-state index contributed by atoms with van der Waals surface area (Å²) in [6.45, 7) is 6.36. The number of oxazole rings is 1. The van der Waals surface area contributed by atoms with Gasteiger partial charge in [0.2, 0.25) is 11.8 Å². The topological polar surface area (TPSA) is 58.8 Å². The van der Waals surface area contributed by atoms with Crippen molar-refractivity contribution in [1.82, 2.24) is 14.8 Å². The second-order valence-electron chi connectivity index (χ2n) is 5.61. The van der Waals surface area contributed by atoms with E-state index in [-0.39, 0.29) is 5.91 Å². The van der Waals surface area contributed by atoms with Crippen LogP contribution in [-0.4, -0.2) is 54.5 Å². The highest BCUT2D eigenvalue weighted by Gasteiger charge is 2.14. The molecule has 130 valence electrons. The minimum atomic E-state index is 0.126. The smallest absolute Gasteiger partial charge is 0.236 e. The second kappa shape index (κ2) is 8.49. The lowest BCUT2D eigenvalue weighted by molar-refractivity contribution is -0.131. The number of hydrogen-bond acceptors (Lipinski definition) is 5. The summed E-state index contributed by atoms with van der Waals surface area (Å²) in [5.74, 6) is 1.48. The first kappa shape index (κ1) is 18.0. The lowest BCUT2D eigenvalue weighted by Crippen LogP contribution is -2.38. The molecule has 0 atom stereocenters. The van der Waals surface area contributed by atoms with Gasteiger partial charge in [0.15, 0.2) is 0 Å². The van der Waals surface area contributed by atoms with Gasteiger partial charge in [-0.2, -0.15) is 0 Å². The van der Waals surface area contributed by atoms with E-state index in [1.165, 1.54) is 0 Å². The third kappa shape index (κ3) is 4.58. The lowest BCUT2D eigenvalue weighted by atomic mass is 10.2. The molecule has 0 saturated heterocycles. The summed E-state index contributed by atoms with van der Waals surface area (Å²) in [4.78, 5) is 20.4. The average Bonchev–Trinajstić information content (AvgIpc) is 3.04. The van der Waals surface area contributed by atoms with Crippen molar-refractivity contribution < 1.29 is 13.9 Å². The van der Waals surface area contributed by atoms with Gasteiger partial charge < -0.3 is 14.1 Å². The third-order valence-electron chi connectivity index (χ3n) is 3.84. The number of methoxy groups -OCH3 is 1. The van der Waals surface area contributed by atoms with Crippen molar-refractivity contribution in [2.75, 3.05) is 33.8 Å². The summed E-state index contributed by atoms with van der Waals surface area (Å²) >= 11 is 0. The fourth-order valence-corrected chi connectivity index (χ4v) is 2.49. The zero-order valence-electron chi connectivity index (χ0n) is 14.8. The van der Waals surface area contributed by atoms with E-state index in [9.17, 15) is 4.79 Å². The summed E-state index contributed by atoms with van der Waals surface area (Å²) in [6.07, 6.45) is 1.64. The molecular weight excluding hydrogens is 306 g/mol. The van der Waals surface area contributed by atoms with Gasteiger partial charge in [-0.3, -0.25) is 9.69 Å². The van der Waals surface area contributed by atoms with E-state index in [4.69, 9.17) is 9.15 Å². The van der Waals surface area contributed by atoms with E-state index in [2.05, 4.69) is 4.98 Å². The number of ether oxygens (including phenoxy) is 1. The molecule has 0 unspecified atom stereocenters. The van der Waals surface area contributed by atoms with Gasteiger partial charge in [0.25, 0.3) is 0 Å². The molecule has 0 aliphatic rings. The van der Waals surface area contributed by atoms with Crippen LogP contribution in [0.25, 0.3) is 11.5 Å². The number of hydrogen-bond donors (Lipinski definition) is 0. The summed E-state index contributed by atoms with van der Waals surface area (Å²) < 4.78 is 10.7. The summed E-state index contributed by atoms with van der Waals surface area (Å²) in [5.41, 5.74) is 1.69. The van der Waals surface area contributed by atoms with Crippen molar-refractivity contribution in [2.45, 2.75) is 20.4 Å². The Labute approximate surface area is 143 Å². The first-order chi connectivity index (χ1) is 11.6. The maximum atomic E-state index is 12.1. The molecule has 0 N–H and O–H groups in total. The predicted molar refractivity (Wildman–Crippen MR) is 92.8 cm³/mol. The molecule has 6 heteroatoms. The van der Waals surface area contributed by atoms with Crippen molar-refractivity contribution in [3.05, 3.63) is 36.2 Å². The van der Waals surface area contributed by atoms with Gasteiger partial charge in [0, 0.05) is 25.2 Å². The molecule has 1 heterocycles. The average molecular weight is 331 g/mol. The zero-order valence-corrected chi connectivity index (χ0v) is 14.8. The molecule has 2 aromatic rings. The Kier molecular flexibility index (Phi) is 6.37. The van der Waals surface area contributed by atoms with Gasteiger partial charge in [-0.15, -0.1) is 0 Å². The van der Waals surface area contributed by atoms with Gasteiger partial charge in [0.1, 0.15) is 12.0 Å². The van der Waals surface area contributed by atoms with E-state index < -0.39 is 0 Å². The Balaban J connectivity index is 1.96. The van der Waals surface area contributed by atoms with Gasteiger partial charge in [-0.25, -0.2) is 4.98 Å². The van der Waals surface area contributed by atoms with Gasteiger partial charge in [0.05, 0.1) is 19.3 Å². The normalized spacial score (nSPS) is 10.9. The zero-order chi connectivity index (χ0) is 17.5. The van der Waals surface area contributed by atoms with Crippen molar-refractivity contribution in [3.8, 4) is 17.2 Å². The molecule has 1 aromatic carbocycles. The van der Waals surface area contributed by atoms with Crippen LogP contribution in [0.3, 0.4) is 0 Å². The maximum absolute atomic E-state index is 12.1. The summed E-state index contributed by atoms with van der Waals surface area (Å²) in [5, 5.41) is 0. The van der Waals surface area contributed by atoms with E-state index in [0.717, 1.165) is 30.1 Å². The Morgan fingerprint density at radius 2 is 1.88 bits per heavy atom. The largest absolute Gasteiger partial charge is 0.497 e.